The highest BCUT2D eigenvalue weighted by molar-refractivity contribution is 6.45. The highest BCUT2D eigenvalue weighted by Crippen LogP contribution is 2.37. The fourth-order valence-electron chi connectivity index (χ4n) is 3.35. The van der Waals surface area contributed by atoms with E-state index in [4.69, 9.17) is 5.26 Å². The molecule has 27 heavy (non-hydrogen) atoms. The molecule has 0 aromatic heterocycles. The topological polar surface area (TPSA) is 73.2 Å². The summed E-state index contributed by atoms with van der Waals surface area (Å²) in [7, 11) is 0. The first-order valence-corrected chi connectivity index (χ1v) is 8.90. The first-order valence-electron chi connectivity index (χ1n) is 8.90. The SMILES string of the molecule is CCc1ccc(NC(C)=C2C(=O)C(=O)N(CC#N)C2c2ccccc2)cc1. The van der Waals surface area contributed by atoms with Gasteiger partial charge in [0.1, 0.15) is 6.54 Å². The summed E-state index contributed by atoms with van der Waals surface area (Å²) < 4.78 is 0. The second kappa shape index (κ2) is 7.88. The van der Waals surface area contributed by atoms with Crippen molar-refractivity contribution in [2.75, 3.05) is 11.9 Å². The van der Waals surface area contributed by atoms with Crippen molar-refractivity contribution < 1.29 is 9.59 Å². The molecule has 2 aromatic carbocycles. The minimum Gasteiger partial charge on any atom is -0.359 e. The van der Waals surface area contributed by atoms with Gasteiger partial charge in [-0.15, -0.1) is 0 Å². The molecule has 1 heterocycles. The smallest absolute Gasteiger partial charge is 0.296 e. The normalized spacial score (nSPS) is 18.4. The Morgan fingerprint density at radius 3 is 2.37 bits per heavy atom. The Kier molecular flexibility index (Phi) is 5.37. The minimum absolute atomic E-state index is 0.133. The van der Waals surface area contributed by atoms with Gasteiger partial charge < -0.3 is 10.2 Å². The summed E-state index contributed by atoms with van der Waals surface area (Å²) in [6.07, 6.45) is 0.951. The van der Waals surface area contributed by atoms with Crippen molar-refractivity contribution in [3.63, 3.8) is 0 Å². The number of aryl methyl sites for hydroxylation is 1. The molecule has 5 heteroatoms. The fourth-order valence-corrected chi connectivity index (χ4v) is 3.35. The maximum Gasteiger partial charge on any atom is 0.296 e. The standard InChI is InChI=1S/C22H21N3O2/c1-3-16-9-11-18(12-10-16)24-15(2)19-20(17-7-5-4-6-8-17)25(14-13-23)22(27)21(19)26/h4-12,20,24H,3,14H2,1-2H3. The van der Waals surface area contributed by atoms with Crippen molar-refractivity contribution in [2.45, 2.75) is 26.3 Å². The number of nitrogens with one attached hydrogen (secondary N) is 1. The van der Waals surface area contributed by atoms with Crippen molar-refractivity contribution in [3.05, 3.63) is 77.0 Å². The maximum atomic E-state index is 12.7. The van der Waals surface area contributed by atoms with Crippen LogP contribution in [0.5, 0.6) is 0 Å². The summed E-state index contributed by atoms with van der Waals surface area (Å²) in [6, 6.07) is 18.7. The van der Waals surface area contributed by atoms with Crippen LogP contribution in [-0.2, 0) is 16.0 Å². The molecule has 1 aliphatic rings. The predicted octanol–water partition coefficient (Wildman–Crippen LogP) is 3.61. The molecule has 1 unspecified atom stereocenters. The molecule has 136 valence electrons. The number of hydrogen-bond donors (Lipinski definition) is 1. The van der Waals surface area contributed by atoms with E-state index in [-0.39, 0.29) is 6.54 Å². The second-order valence-corrected chi connectivity index (χ2v) is 6.45. The molecule has 1 fully saturated rings. The first-order chi connectivity index (χ1) is 13.1. The number of Topliss-reactive ketones (excluding diaryl/α,β-unsaturated/α-hetero) is 1. The molecule has 0 saturated carbocycles. The van der Waals surface area contributed by atoms with Gasteiger partial charge in [0, 0.05) is 11.4 Å². The molecule has 1 saturated heterocycles. The monoisotopic (exact) mass is 359 g/mol. The van der Waals surface area contributed by atoms with Crippen LogP contribution >= 0.6 is 0 Å². The van der Waals surface area contributed by atoms with E-state index in [9.17, 15) is 9.59 Å². The largest absolute Gasteiger partial charge is 0.359 e. The van der Waals surface area contributed by atoms with Gasteiger partial charge in [-0.1, -0.05) is 49.4 Å². The Morgan fingerprint density at radius 2 is 1.78 bits per heavy atom. The van der Waals surface area contributed by atoms with Crippen molar-refractivity contribution in [1.29, 1.82) is 5.26 Å². The second-order valence-electron chi connectivity index (χ2n) is 6.45. The number of nitriles is 1. The third kappa shape index (κ3) is 3.61. The molecule has 2 aromatic rings. The summed E-state index contributed by atoms with van der Waals surface area (Å²) in [5.74, 6) is -1.20. The average molecular weight is 359 g/mol. The zero-order valence-corrected chi connectivity index (χ0v) is 15.4. The van der Waals surface area contributed by atoms with Crippen LogP contribution in [0.3, 0.4) is 0 Å². The lowest BCUT2D eigenvalue weighted by atomic mass is 9.97. The molecule has 5 nitrogen and oxygen atoms in total. The summed E-state index contributed by atoms with van der Waals surface area (Å²) in [4.78, 5) is 26.5. The van der Waals surface area contributed by atoms with Crippen LogP contribution in [0, 0.1) is 11.3 Å². The van der Waals surface area contributed by atoms with E-state index in [0.717, 1.165) is 17.7 Å². The summed E-state index contributed by atoms with van der Waals surface area (Å²) in [5.41, 5.74) is 3.89. The molecule has 1 atom stereocenters. The Morgan fingerprint density at radius 1 is 1.11 bits per heavy atom. The van der Waals surface area contributed by atoms with Gasteiger partial charge in [-0.25, -0.2) is 0 Å². The molecule has 3 rings (SSSR count). The zero-order chi connectivity index (χ0) is 19.4. The Balaban J connectivity index is 2.03. The van der Waals surface area contributed by atoms with Crippen LogP contribution in [0.4, 0.5) is 5.69 Å². The molecule has 0 spiro atoms. The van der Waals surface area contributed by atoms with E-state index in [1.807, 2.05) is 60.7 Å². The third-order valence-corrected chi connectivity index (χ3v) is 4.74. The van der Waals surface area contributed by atoms with E-state index in [0.29, 0.717) is 11.3 Å². The molecule has 1 aliphatic heterocycles. The lowest BCUT2D eigenvalue weighted by molar-refractivity contribution is -0.139. The molecule has 0 aliphatic carbocycles. The van der Waals surface area contributed by atoms with Gasteiger partial charge in [-0.05, 0) is 36.6 Å². The first kappa shape index (κ1) is 18.4. The van der Waals surface area contributed by atoms with Crippen molar-refractivity contribution in [2.24, 2.45) is 0 Å². The van der Waals surface area contributed by atoms with Gasteiger partial charge in [0.25, 0.3) is 11.7 Å². The van der Waals surface area contributed by atoms with E-state index in [2.05, 4.69) is 12.2 Å². The maximum absolute atomic E-state index is 12.7. The van der Waals surface area contributed by atoms with Crippen molar-refractivity contribution in [3.8, 4) is 6.07 Å². The van der Waals surface area contributed by atoms with Crippen LogP contribution < -0.4 is 5.32 Å². The fraction of sp³-hybridized carbons (Fsp3) is 0.227. The van der Waals surface area contributed by atoms with Gasteiger partial charge in [-0.3, -0.25) is 9.59 Å². The molecular weight excluding hydrogens is 338 g/mol. The predicted molar refractivity (Wildman–Crippen MR) is 104 cm³/mol. The van der Waals surface area contributed by atoms with Gasteiger partial charge in [0.05, 0.1) is 17.7 Å². The zero-order valence-electron chi connectivity index (χ0n) is 15.4. The highest BCUT2D eigenvalue weighted by atomic mass is 16.2. The Bertz CT molecular complexity index is 924. The summed E-state index contributed by atoms with van der Waals surface area (Å²) in [6.45, 7) is 3.75. The minimum atomic E-state index is -0.636. The number of hydrogen-bond acceptors (Lipinski definition) is 4. The summed E-state index contributed by atoms with van der Waals surface area (Å²) in [5, 5.41) is 12.4. The Labute approximate surface area is 158 Å². The number of amides is 1. The van der Waals surface area contributed by atoms with E-state index in [1.165, 1.54) is 10.5 Å². The van der Waals surface area contributed by atoms with Crippen LogP contribution in [0.25, 0.3) is 0 Å². The van der Waals surface area contributed by atoms with Crippen LogP contribution in [-0.4, -0.2) is 23.1 Å². The van der Waals surface area contributed by atoms with Gasteiger partial charge >= 0.3 is 0 Å². The van der Waals surface area contributed by atoms with E-state index >= 15 is 0 Å². The molecule has 1 amide bonds. The van der Waals surface area contributed by atoms with Gasteiger partial charge in [-0.2, -0.15) is 5.26 Å². The average Bonchev–Trinajstić information content (AvgIpc) is 2.94. The quantitative estimate of drug-likeness (QED) is 0.503. The third-order valence-electron chi connectivity index (χ3n) is 4.74. The number of nitrogens with zero attached hydrogens (tertiary/aromatic N) is 2. The van der Waals surface area contributed by atoms with E-state index < -0.39 is 17.7 Å². The molecule has 1 N–H and O–H groups in total. The highest BCUT2D eigenvalue weighted by Gasteiger charge is 2.44. The van der Waals surface area contributed by atoms with Gasteiger partial charge in [0.15, 0.2) is 0 Å². The van der Waals surface area contributed by atoms with Crippen molar-refractivity contribution >= 4 is 17.4 Å². The number of likely N-dealkylation sites (tertiary alicyclic amines) is 1. The molecule has 0 radical (unpaired) electrons. The number of allylic oxidation sites excluding steroid dienone is 1. The van der Waals surface area contributed by atoms with Crippen LogP contribution in [0.1, 0.15) is 31.0 Å². The lowest BCUT2D eigenvalue weighted by Crippen LogP contribution is -2.30. The molecule has 0 bridgehead atoms. The lowest BCUT2D eigenvalue weighted by Gasteiger charge is -2.23. The van der Waals surface area contributed by atoms with Gasteiger partial charge in [0.2, 0.25) is 0 Å². The molecular formula is C22H21N3O2. The number of benzene rings is 2. The number of rotatable bonds is 5. The van der Waals surface area contributed by atoms with Crippen molar-refractivity contribution in [1.82, 2.24) is 4.90 Å². The summed E-state index contributed by atoms with van der Waals surface area (Å²) >= 11 is 0. The number of anilines is 1. The van der Waals surface area contributed by atoms with Crippen LogP contribution in [0.2, 0.25) is 0 Å². The number of carbonyl (C=O) groups excluding carboxylic acids is 2. The van der Waals surface area contributed by atoms with E-state index in [1.54, 1.807) is 6.92 Å². The van der Waals surface area contributed by atoms with Crippen LogP contribution in [0.15, 0.2) is 65.9 Å². The Hall–Kier alpha value is -3.39. The number of ketones is 1. The number of carbonyl (C=O) groups is 2.